The number of nitrogens with zero attached hydrogens (tertiary/aromatic N) is 1. The second kappa shape index (κ2) is 7.56. The van der Waals surface area contributed by atoms with Crippen LogP contribution in [0.15, 0.2) is 42.5 Å². The van der Waals surface area contributed by atoms with E-state index in [9.17, 15) is 14.0 Å². The fourth-order valence-corrected chi connectivity index (χ4v) is 2.75. The minimum atomic E-state index is -0.505. The zero-order valence-electron chi connectivity index (χ0n) is 14.8. The van der Waals surface area contributed by atoms with E-state index >= 15 is 0 Å². The van der Waals surface area contributed by atoms with Crippen LogP contribution in [0.2, 0.25) is 0 Å². The molecule has 3 rings (SSSR count). The number of benzene rings is 2. The number of likely N-dealkylation sites (tertiary alicyclic amines) is 1. The molecule has 5 nitrogen and oxygen atoms in total. The van der Waals surface area contributed by atoms with Crippen molar-refractivity contribution in [3.63, 3.8) is 0 Å². The first kappa shape index (κ1) is 17.9. The molecule has 0 radical (unpaired) electrons. The molecule has 0 aliphatic carbocycles. The molecule has 136 valence electrons. The lowest BCUT2D eigenvalue weighted by Crippen LogP contribution is -2.55. The predicted octanol–water partition coefficient (Wildman–Crippen LogP) is 2.92. The summed E-state index contributed by atoms with van der Waals surface area (Å²) in [6.45, 7) is 4.35. The van der Waals surface area contributed by atoms with Crippen molar-refractivity contribution in [2.75, 3.05) is 25.0 Å². The second-order valence-electron chi connectivity index (χ2n) is 6.52. The number of ether oxygens (including phenoxy) is 1. The van der Waals surface area contributed by atoms with Crippen LogP contribution in [0.25, 0.3) is 0 Å². The number of carbonyl (C=O) groups excluding carboxylic acids is 2. The molecule has 2 aromatic carbocycles. The number of nitrogens with one attached hydrogen (secondary N) is 1. The van der Waals surface area contributed by atoms with E-state index in [0.717, 1.165) is 16.8 Å². The van der Waals surface area contributed by atoms with Gasteiger partial charge in [-0.2, -0.15) is 0 Å². The summed E-state index contributed by atoms with van der Waals surface area (Å²) >= 11 is 0. The van der Waals surface area contributed by atoms with Gasteiger partial charge in [-0.3, -0.25) is 9.59 Å². The normalized spacial score (nSPS) is 13.9. The van der Waals surface area contributed by atoms with E-state index in [4.69, 9.17) is 4.74 Å². The van der Waals surface area contributed by atoms with E-state index in [0.29, 0.717) is 13.1 Å². The molecule has 2 aromatic rings. The first-order valence-electron chi connectivity index (χ1n) is 8.47. The Morgan fingerprint density at radius 2 is 1.92 bits per heavy atom. The molecule has 1 heterocycles. The number of rotatable bonds is 5. The molecule has 6 heteroatoms. The number of anilines is 1. The van der Waals surface area contributed by atoms with E-state index < -0.39 is 5.82 Å². The minimum Gasteiger partial charge on any atom is -0.481 e. The Bertz CT molecular complexity index is 832. The van der Waals surface area contributed by atoms with Crippen molar-refractivity contribution in [3.8, 4) is 5.75 Å². The van der Waals surface area contributed by atoms with Crippen LogP contribution < -0.4 is 10.1 Å². The standard InChI is InChI=1S/C20H21FN2O3/c1-13-7-8-14(2)17(9-13)22-20(25)15-10-23(11-15)19(24)12-26-18-6-4-3-5-16(18)21/h3-9,15H,10-12H2,1-2H3,(H,22,25). The van der Waals surface area contributed by atoms with Crippen LogP contribution in [0.4, 0.5) is 10.1 Å². The summed E-state index contributed by atoms with van der Waals surface area (Å²) in [6.07, 6.45) is 0. The van der Waals surface area contributed by atoms with Gasteiger partial charge in [0, 0.05) is 18.8 Å². The average molecular weight is 356 g/mol. The lowest BCUT2D eigenvalue weighted by Gasteiger charge is -2.38. The van der Waals surface area contributed by atoms with Crippen molar-refractivity contribution >= 4 is 17.5 Å². The summed E-state index contributed by atoms with van der Waals surface area (Å²) in [5.74, 6) is -1.06. The Labute approximate surface area is 151 Å². The fourth-order valence-electron chi connectivity index (χ4n) is 2.75. The Morgan fingerprint density at radius 3 is 2.65 bits per heavy atom. The highest BCUT2D eigenvalue weighted by molar-refractivity contribution is 5.95. The van der Waals surface area contributed by atoms with Crippen LogP contribution in [0.3, 0.4) is 0 Å². The maximum atomic E-state index is 13.5. The van der Waals surface area contributed by atoms with Crippen molar-refractivity contribution in [2.45, 2.75) is 13.8 Å². The number of carbonyl (C=O) groups is 2. The molecule has 0 saturated carbocycles. The van der Waals surface area contributed by atoms with Crippen LogP contribution in [0.5, 0.6) is 5.75 Å². The highest BCUT2D eigenvalue weighted by atomic mass is 19.1. The van der Waals surface area contributed by atoms with Crippen molar-refractivity contribution < 1.29 is 18.7 Å². The van der Waals surface area contributed by atoms with Crippen LogP contribution in [-0.4, -0.2) is 36.4 Å². The third kappa shape index (κ3) is 4.02. The second-order valence-corrected chi connectivity index (χ2v) is 6.52. The molecular weight excluding hydrogens is 335 g/mol. The van der Waals surface area contributed by atoms with Gasteiger partial charge in [0.2, 0.25) is 5.91 Å². The molecule has 0 aromatic heterocycles. The van der Waals surface area contributed by atoms with Gasteiger partial charge < -0.3 is 15.0 Å². The summed E-state index contributed by atoms with van der Waals surface area (Å²) in [5, 5.41) is 2.92. The molecule has 1 fully saturated rings. The van der Waals surface area contributed by atoms with Gasteiger partial charge >= 0.3 is 0 Å². The highest BCUT2D eigenvalue weighted by Crippen LogP contribution is 2.22. The topological polar surface area (TPSA) is 58.6 Å². The molecule has 1 N–H and O–H groups in total. The smallest absolute Gasteiger partial charge is 0.260 e. The van der Waals surface area contributed by atoms with E-state index in [1.54, 1.807) is 12.1 Å². The number of hydrogen-bond donors (Lipinski definition) is 1. The molecule has 1 aliphatic rings. The van der Waals surface area contributed by atoms with Gasteiger partial charge in [-0.1, -0.05) is 24.3 Å². The van der Waals surface area contributed by atoms with Crippen LogP contribution >= 0.6 is 0 Å². The zero-order chi connectivity index (χ0) is 18.7. The van der Waals surface area contributed by atoms with Gasteiger partial charge in [0.05, 0.1) is 5.92 Å². The summed E-state index contributed by atoms with van der Waals surface area (Å²) in [4.78, 5) is 25.9. The zero-order valence-corrected chi connectivity index (χ0v) is 14.8. The summed E-state index contributed by atoms with van der Waals surface area (Å²) < 4.78 is 18.7. The fraction of sp³-hybridized carbons (Fsp3) is 0.300. The molecule has 0 bridgehead atoms. The Balaban J connectivity index is 1.47. The lowest BCUT2D eigenvalue weighted by molar-refractivity contribution is -0.143. The molecule has 0 spiro atoms. The van der Waals surface area contributed by atoms with Crippen molar-refractivity contribution in [1.29, 1.82) is 0 Å². The van der Waals surface area contributed by atoms with Gasteiger partial charge in [0.25, 0.3) is 5.91 Å². The summed E-state index contributed by atoms with van der Waals surface area (Å²) in [5.41, 5.74) is 2.86. The highest BCUT2D eigenvalue weighted by Gasteiger charge is 2.35. The van der Waals surface area contributed by atoms with Gasteiger partial charge in [-0.25, -0.2) is 4.39 Å². The van der Waals surface area contributed by atoms with E-state index in [1.165, 1.54) is 17.0 Å². The number of halogens is 1. The number of amides is 2. The van der Waals surface area contributed by atoms with Gasteiger partial charge in [0.15, 0.2) is 18.2 Å². The summed E-state index contributed by atoms with van der Waals surface area (Å²) in [7, 11) is 0. The van der Waals surface area contributed by atoms with Crippen molar-refractivity contribution in [1.82, 2.24) is 4.90 Å². The number of aryl methyl sites for hydroxylation is 2. The van der Waals surface area contributed by atoms with E-state index in [1.807, 2.05) is 32.0 Å². The Morgan fingerprint density at radius 1 is 1.19 bits per heavy atom. The molecule has 26 heavy (non-hydrogen) atoms. The quantitative estimate of drug-likeness (QED) is 0.896. The van der Waals surface area contributed by atoms with Gasteiger partial charge in [-0.15, -0.1) is 0 Å². The molecule has 1 saturated heterocycles. The van der Waals surface area contributed by atoms with Crippen molar-refractivity contribution in [2.24, 2.45) is 5.92 Å². The van der Waals surface area contributed by atoms with Crippen LogP contribution in [0, 0.1) is 25.6 Å². The first-order chi connectivity index (χ1) is 12.4. The Kier molecular flexibility index (Phi) is 5.21. The third-order valence-corrected chi connectivity index (χ3v) is 4.44. The molecular formula is C20H21FN2O3. The maximum Gasteiger partial charge on any atom is 0.260 e. The largest absolute Gasteiger partial charge is 0.481 e. The first-order valence-corrected chi connectivity index (χ1v) is 8.47. The van der Waals surface area contributed by atoms with Crippen molar-refractivity contribution in [3.05, 3.63) is 59.4 Å². The van der Waals surface area contributed by atoms with E-state index in [2.05, 4.69) is 5.32 Å². The molecule has 2 amide bonds. The predicted molar refractivity (Wildman–Crippen MR) is 96.5 cm³/mol. The monoisotopic (exact) mass is 356 g/mol. The Hall–Kier alpha value is -2.89. The molecule has 1 aliphatic heterocycles. The maximum absolute atomic E-state index is 13.5. The minimum absolute atomic E-state index is 0.0468. The van der Waals surface area contributed by atoms with E-state index in [-0.39, 0.29) is 30.1 Å². The van der Waals surface area contributed by atoms with Gasteiger partial charge in [0.1, 0.15) is 0 Å². The van der Waals surface area contributed by atoms with Crippen LogP contribution in [0.1, 0.15) is 11.1 Å². The lowest BCUT2D eigenvalue weighted by atomic mass is 9.98. The summed E-state index contributed by atoms with van der Waals surface area (Å²) in [6, 6.07) is 11.8. The van der Waals surface area contributed by atoms with Gasteiger partial charge in [-0.05, 0) is 43.2 Å². The average Bonchev–Trinajstić information content (AvgIpc) is 2.56. The third-order valence-electron chi connectivity index (χ3n) is 4.44. The SMILES string of the molecule is Cc1ccc(C)c(NC(=O)C2CN(C(=O)COc3ccccc3F)C2)c1. The number of hydrogen-bond acceptors (Lipinski definition) is 3. The van der Waals surface area contributed by atoms with Crippen LogP contribution in [-0.2, 0) is 9.59 Å². The number of para-hydroxylation sites is 1. The molecule has 0 atom stereocenters. The molecule has 0 unspecified atom stereocenters.